The Hall–Kier alpha value is -2.61. The summed E-state index contributed by atoms with van der Waals surface area (Å²) in [6.07, 6.45) is 6.36. The molecular formula is C24H22O4S3. The van der Waals surface area contributed by atoms with E-state index in [2.05, 4.69) is 6.92 Å². The van der Waals surface area contributed by atoms with Gasteiger partial charge in [-0.3, -0.25) is 4.79 Å². The Morgan fingerprint density at radius 3 is 2.26 bits per heavy atom. The summed E-state index contributed by atoms with van der Waals surface area (Å²) in [6.45, 7) is 2.09. The highest BCUT2D eigenvalue weighted by atomic mass is 32.9. The van der Waals surface area contributed by atoms with Crippen molar-refractivity contribution in [1.82, 2.24) is 0 Å². The normalized spacial score (nSPS) is 10.9. The van der Waals surface area contributed by atoms with Crippen molar-refractivity contribution in [2.24, 2.45) is 0 Å². The Balaban J connectivity index is 1.50. The van der Waals surface area contributed by atoms with Crippen molar-refractivity contribution in [2.75, 3.05) is 0 Å². The van der Waals surface area contributed by atoms with Crippen LogP contribution in [0.25, 0.3) is 16.5 Å². The lowest BCUT2D eigenvalue weighted by molar-refractivity contribution is -0.134. The van der Waals surface area contributed by atoms with Crippen LogP contribution in [0.5, 0.6) is 11.5 Å². The first kappa shape index (κ1) is 23.1. The molecule has 0 aliphatic rings. The van der Waals surface area contributed by atoms with Gasteiger partial charge in [-0.25, -0.2) is 4.79 Å². The van der Waals surface area contributed by atoms with E-state index in [0.717, 1.165) is 39.1 Å². The minimum Gasteiger partial charge on any atom is -0.427 e. The fraction of sp³-hybridized carbons (Fsp3) is 0.208. The van der Waals surface area contributed by atoms with Gasteiger partial charge >= 0.3 is 11.9 Å². The maximum Gasteiger partial charge on any atom is 0.336 e. The summed E-state index contributed by atoms with van der Waals surface area (Å²) >= 11 is 5.16. The fourth-order valence-electron chi connectivity index (χ4n) is 2.72. The first-order valence-electron chi connectivity index (χ1n) is 9.95. The number of carbonyl (C=O) groups excluding carboxylic acids is 2. The summed E-state index contributed by atoms with van der Waals surface area (Å²) in [5.74, 6) is 0.277. The minimum atomic E-state index is -0.467. The molecule has 4 nitrogen and oxygen atoms in total. The highest BCUT2D eigenvalue weighted by Gasteiger charge is 2.06. The van der Waals surface area contributed by atoms with Crippen LogP contribution in [-0.2, 0) is 9.59 Å². The van der Waals surface area contributed by atoms with Gasteiger partial charge in [-0.05, 0) is 66.1 Å². The second kappa shape index (κ2) is 11.7. The number of ether oxygens (including phenoxy) is 2. The molecule has 0 unspecified atom stereocenters. The van der Waals surface area contributed by atoms with Gasteiger partial charge in [0.2, 0.25) is 0 Å². The van der Waals surface area contributed by atoms with Gasteiger partial charge in [-0.15, -0.1) is 0 Å². The molecule has 3 rings (SSSR count). The average Bonchev–Trinajstić information content (AvgIpc) is 3.20. The third kappa shape index (κ3) is 7.54. The van der Waals surface area contributed by atoms with Gasteiger partial charge in [-0.2, -0.15) is 0 Å². The third-order valence-electron chi connectivity index (χ3n) is 4.33. The smallest absolute Gasteiger partial charge is 0.336 e. The van der Waals surface area contributed by atoms with Crippen LogP contribution in [0.1, 0.15) is 38.2 Å². The minimum absolute atomic E-state index is 0.226. The quantitative estimate of drug-likeness (QED) is 0.0819. The molecule has 7 heteroatoms. The van der Waals surface area contributed by atoms with Crippen molar-refractivity contribution >= 4 is 50.9 Å². The molecule has 0 amide bonds. The summed E-state index contributed by atoms with van der Waals surface area (Å²) in [6, 6.07) is 16.3. The Bertz CT molecular complexity index is 1090. The van der Waals surface area contributed by atoms with E-state index < -0.39 is 5.97 Å². The van der Waals surface area contributed by atoms with Crippen molar-refractivity contribution in [3.63, 3.8) is 0 Å². The molecule has 3 aromatic rings. The number of unbranched alkanes of at least 4 members (excludes halogenated alkanes) is 2. The van der Waals surface area contributed by atoms with Crippen LogP contribution in [0.4, 0.5) is 0 Å². The number of hydrogen-bond acceptors (Lipinski definition) is 7. The van der Waals surface area contributed by atoms with Crippen molar-refractivity contribution < 1.29 is 19.1 Å². The van der Waals surface area contributed by atoms with E-state index in [1.165, 1.54) is 6.08 Å². The van der Waals surface area contributed by atoms with Gasteiger partial charge < -0.3 is 9.47 Å². The van der Waals surface area contributed by atoms with Crippen LogP contribution in [-0.4, -0.2) is 11.9 Å². The van der Waals surface area contributed by atoms with Crippen LogP contribution >= 0.6 is 32.9 Å². The molecule has 0 aliphatic heterocycles. The molecular weight excluding hydrogens is 448 g/mol. The van der Waals surface area contributed by atoms with E-state index in [4.69, 9.17) is 21.7 Å². The van der Waals surface area contributed by atoms with Crippen molar-refractivity contribution in [1.29, 1.82) is 0 Å². The number of carbonyl (C=O) groups is 2. The number of esters is 2. The van der Waals surface area contributed by atoms with Crippen LogP contribution in [0.15, 0.2) is 60.7 Å². The lowest BCUT2D eigenvalue weighted by atomic mass is 10.2. The zero-order valence-corrected chi connectivity index (χ0v) is 19.5. The molecule has 160 valence electrons. The van der Waals surface area contributed by atoms with Gasteiger partial charge in [0.05, 0.1) is 0 Å². The molecule has 1 aromatic heterocycles. The van der Waals surface area contributed by atoms with E-state index in [-0.39, 0.29) is 5.97 Å². The zero-order valence-electron chi connectivity index (χ0n) is 17.0. The molecule has 0 fully saturated rings. The van der Waals surface area contributed by atoms with Gasteiger partial charge in [0.25, 0.3) is 0 Å². The van der Waals surface area contributed by atoms with E-state index in [9.17, 15) is 9.59 Å². The fourth-order valence-corrected chi connectivity index (χ4v) is 5.13. The molecule has 0 atom stereocenters. The summed E-state index contributed by atoms with van der Waals surface area (Å²) < 4.78 is 11.5. The van der Waals surface area contributed by atoms with Crippen molar-refractivity contribution in [3.8, 4) is 21.9 Å². The molecule has 0 saturated heterocycles. The van der Waals surface area contributed by atoms with E-state index in [1.807, 2.05) is 18.2 Å². The third-order valence-corrected chi connectivity index (χ3v) is 7.24. The predicted octanol–water partition coefficient (Wildman–Crippen LogP) is 7.31. The summed E-state index contributed by atoms with van der Waals surface area (Å²) in [4.78, 5) is 25.0. The molecule has 0 spiro atoms. The predicted molar refractivity (Wildman–Crippen MR) is 129 cm³/mol. The molecule has 31 heavy (non-hydrogen) atoms. The topological polar surface area (TPSA) is 52.6 Å². The molecule has 0 saturated carbocycles. The van der Waals surface area contributed by atoms with Crippen LogP contribution < -0.4 is 9.47 Å². The average molecular weight is 471 g/mol. The zero-order chi connectivity index (χ0) is 22.1. The first-order chi connectivity index (χ1) is 15.0. The Kier molecular flexibility index (Phi) is 8.70. The number of hydrogen-bond donors (Lipinski definition) is 0. The van der Waals surface area contributed by atoms with E-state index in [0.29, 0.717) is 17.9 Å². The maximum atomic E-state index is 12.1. The number of rotatable bonds is 9. The largest absolute Gasteiger partial charge is 0.427 e. The van der Waals surface area contributed by atoms with Crippen LogP contribution in [0, 0.1) is 3.82 Å². The second-order valence-corrected chi connectivity index (χ2v) is 9.68. The Labute approximate surface area is 194 Å². The highest BCUT2D eigenvalue weighted by Crippen LogP contribution is 2.30. The standard InChI is InChI=1S/C24H22O4S3/c1-2-3-4-5-22(25)27-19-11-6-17(7-12-19)8-15-23(26)28-20-13-9-18(10-14-20)21-16-24(29)31-30-21/h6-16H,2-5H2,1H3/b15-8+. The first-order valence-corrected chi connectivity index (χ1v) is 12.5. The summed E-state index contributed by atoms with van der Waals surface area (Å²) in [7, 11) is 3.19. The molecule has 1 heterocycles. The van der Waals surface area contributed by atoms with Crippen LogP contribution in [0.2, 0.25) is 0 Å². The van der Waals surface area contributed by atoms with E-state index >= 15 is 0 Å². The number of benzene rings is 2. The van der Waals surface area contributed by atoms with Crippen molar-refractivity contribution in [2.45, 2.75) is 32.6 Å². The highest BCUT2D eigenvalue weighted by molar-refractivity contribution is 7.80. The van der Waals surface area contributed by atoms with Gasteiger partial charge in [0.15, 0.2) is 0 Å². The lowest BCUT2D eigenvalue weighted by Crippen LogP contribution is -2.07. The Morgan fingerprint density at radius 1 is 0.935 bits per heavy atom. The molecule has 2 aromatic carbocycles. The van der Waals surface area contributed by atoms with E-state index in [1.54, 1.807) is 63.2 Å². The van der Waals surface area contributed by atoms with Gasteiger partial charge in [0.1, 0.15) is 15.3 Å². The van der Waals surface area contributed by atoms with Crippen molar-refractivity contribution in [3.05, 3.63) is 70.1 Å². The molecule has 0 N–H and O–H groups in total. The summed E-state index contributed by atoms with van der Waals surface area (Å²) in [5.41, 5.74) is 1.84. The molecule has 0 bridgehead atoms. The van der Waals surface area contributed by atoms with Crippen LogP contribution in [0.3, 0.4) is 0 Å². The lowest BCUT2D eigenvalue weighted by Gasteiger charge is -2.04. The summed E-state index contributed by atoms with van der Waals surface area (Å²) in [5, 5.41) is 0. The molecule has 0 aliphatic carbocycles. The van der Waals surface area contributed by atoms with Gasteiger partial charge in [-0.1, -0.05) is 64.8 Å². The maximum absolute atomic E-state index is 12.1. The second-order valence-electron chi connectivity index (χ2n) is 6.77. The monoisotopic (exact) mass is 470 g/mol. The SMILES string of the molecule is CCCCCC(=O)Oc1ccc(/C=C/C(=O)Oc2ccc(-c3cc(=S)ss3)cc2)cc1. The van der Waals surface area contributed by atoms with Gasteiger partial charge in [0, 0.05) is 17.4 Å². The Morgan fingerprint density at radius 2 is 1.61 bits per heavy atom. The molecule has 0 radical (unpaired) electrons.